The second-order valence-corrected chi connectivity index (χ2v) is 24.0. The van der Waals surface area contributed by atoms with E-state index in [4.69, 9.17) is 10.2 Å². The summed E-state index contributed by atoms with van der Waals surface area (Å²) in [6.45, 7) is 2.49. The van der Waals surface area contributed by atoms with E-state index in [-0.39, 0.29) is 32.0 Å². The maximum atomic E-state index is 15.6. The number of thiophene rings is 2. The molecule has 23 heteroatoms. The van der Waals surface area contributed by atoms with Gasteiger partial charge in [0.15, 0.2) is 22.9 Å². The van der Waals surface area contributed by atoms with Gasteiger partial charge in [0.05, 0.1) is 54.4 Å². The van der Waals surface area contributed by atoms with Crippen molar-refractivity contribution >= 4 is 93.0 Å². The summed E-state index contributed by atoms with van der Waals surface area (Å²) >= 11 is 2.64. The predicted molar refractivity (Wildman–Crippen MR) is 278 cm³/mol. The van der Waals surface area contributed by atoms with Gasteiger partial charge in [-0.25, -0.2) is 16.8 Å². The van der Waals surface area contributed by atoms with E-state index in [1.165, 1.54) is 43.8 Å². The SMILES string of the molecule is CS(=O)(=O)N1CCN(c2cc(-c3ccc4nnc(Cc5ccc6ncccc6c5)n4n3)sc2C(=O)c2sc(-c3ccc4nnc(Cc5ccc6ncccc6c5)n4n3)cc2N2CCN(S(C)(=O)=O)CC2)CC1. The molecule has 0 aliphatic carbocycles. The van der Waals surface area contributed by atoms with E-state index >= 15 is 4.79 Å². The standard InChI is InChI=1S/C49H44N14O5S4/c1-71(65,66)60-21-17-58(18-22-60)39-29-41(37-11-13-43-52-54-45(62(43)56-37)27-31-7-9-35-33(25-31)5-3-15-50-35)69-48(39)47(64)49-40(59-19-23-61(24-20-59)72(2,67)68)30-42(70-49)38-12-14-44-53-55-46(63(44)57-38)28-32-8-10-36-34(26-32)6-4-16-51-36/h3-16,25-26,29-30H,17-24,27-28H2,1-2H3. The Morgan fingerprint density at radius 2 is 0.958 bits per heavy atom. The minimum Gasteiger partial charge on any atom is -0.368 e. The molecule has 72 heavy (non-hydrogen) atoms. The third kappa shape index (κ3) is 8.85. The first-order valence-electron chi connectivity index (χ1n) is 23.1. The van der Waals surface area contributed by atoms with Crippen LogP contribution in [0.3, 0.4) is 0 Å². The molecule has 2 fully saturated rings. The molecule has 0 amide bonds. The number of carbonyl (C=O) groups excluding carboxylic acids is 1. The van der Waals surface area contributed by atoms with Crippen molar-refractivity contribution in [3.8, 4) is 21.1 Å². The van der Waals surface area contributed by atoms with Crippen LogP contribution in [0.1, 0.15) is 37.3 Å². The Hall–Kier alpha value is -7.15. The van der Waals surface area contributed by atoms with Gasteiger partial charge >= 0.3 is 0 Å². The summed E-state index contributed by atoms with van der Waals surface area (Å²) in [6, 6.07) is 31.5. The summed E-state index contributed by atoms with van der Waals surface area (Å²) in [5.41, 5.74) is 7.55. The molecule has 12 rings (SSSR count). The number of nitrogens with zero attached hydrogens (tertiary/aromatic N) is 14. The van der Waals surface area contributed by atoms with Crippen LogP contribution in [-0.4, -0.2) is 146 Å². The van der Waals surface area contributed by atoms with Crippen molar-refractivity contribution in [1.29, 1.82) is 0 Å². The molecule has 0 bridgehead atoms. The molecule has 0 unspecified atom stereocenters. The van der Waals surface area contributed by atoms with Crippen LogP contribution in [0.5, 0.6) is 0 Å². The van der Waals surface area contributed by atoms with Gasteiger partial charge < -0.3 is 9.80 Å². The van der Waals surface area contributed by atoms with Gasteiger partial charge in [-0.05, 0) is 83.9 Å². The zero-order chi connectivity index (χ0) is 49.3. The Balaban J connectivity index is 0.930. The maximum Gasteiger partial charge on any atom is 0.217 e. The Kier molecular flexibility index (Phi) is 11.6. The van der Waals surface area contributed by atoms with Crippen molar-refractivity contribution in [1.82, 2.24) is 58.2 Å². The van der Waals surface area contributed by atoms with E-state index in [0.29, 0.717) is 94.5 Å². The topological polar surface area (TPSA) is 210 Å². The number of ketones is 1. The van der Waals surface area contributed by atoms with Crippen LogP contribution in [0.25, 0.3) is 54.2 Å². The molecule has 0 atom stereocenters. The van der Waals surface area contributed by atoms with E-state index in [1.54, 1.807) is 21.4 Å². The molecular weight excluding hydrogens is 993 g/mol. The molecule has 0 spiro atoms. The third-order valence-electron chi connectivity index (χ3n) is 13.2. The lowest BCUT2D eigenvalue weighted by Crippen LogP contribution is -2.48. The Morgan fingerprint density at radius 3 is 1.38 bits per heavy atom. The maximum absolute atomic E-state index is 15.6. The number of hydrogen-bond acceptors (Lipinski definition) is 17. The van der Waals surface area contributed by atoms with Crippen molar-refractivity contribution in [2.45, 2.75) is 12.8 Å². The number of sulfonamides is 2. The molecule has 8 aromatic heterocycles. The summed E-state index contributed by atoms with van der Waals surface area (Å²) in [4.78, 5) is 31.0. The van der Waals surface area contributed by atoms with Gasteiger partial charge in [0.25, 0.3) is 0 Å². The van der Waals surface area contributed by atoms with Crippen LogP contribution in [-0.2, 0) is 32.9 Å². The van der Waals surface area contributed by atoms with E-state index in [1.807, 2.05) is 84.9 Å². The summed E-state index contributed by atoms with van der Waals surface area (Å²) < 4.78 is 56.9. The first kappa shape index (κ1) is 46.0. The number of pyridine rings is 2. The van der Waals surface area contributed by atoms with Gasteiger partial charge in [-0.1, -0.05) is 24.3 Å². The molecule has 2 saturated heterocycles. The minimum absolute atomic E-state index is 0.225. The quantitative estimate of drug-likeness (QED) is 0.135. The monoisotopic (exact) mass is 1040 g/mol. The molecule has 0 saturated carbocycles. The molecule has 2 aliphatic rings. The number of fused-ring (bicyclic) bond motifs is 4. The number of anilines is 2. The number of hydrogen-bond donors (Lipinski definition) is 0. The van der Waals surface area contributed by atoms with Gasteiger partial charge in [-0.2, -0.15) is 27.8 Å². The molecule has 0 N–H and O–H groups in total. The van der Waals surface area contributed by atoms with Crippen molar-refractivity contribution in [2.24, 2.45) is 0 Å². The lowest BCUT2D eigenvalue weighted by molar-refractivity contribution is 0.104. The molecular formula is C49H44N14O5S4. The van der Waals surface area contributed by atoms with Crippen molar-refractivity contribution in [2.75, 3.05) is 74.7 Å². The molecule has 364 valence electrons. The fourth-order valence-corrected chi connectivity index (χ4v) is 13.3. The minimum atomic E-state index is -3.43. The second kappa shape index (κ2) is 18.2. The van der Waals surface area contributed by atoms with Gasteiger partial charge in [0.2, 0.25) is 25.8 Å². The summed E-state index contributed by atoms with van der Waals surface area (Å²) in [5.74, 6) is 1.06. The highest BCUT2D eigenvalue weighted by Crippen LogP contribution is 2.43. The predicted octanol–water partition coefficient (Wildman–Crippen LogP) is 5.69. The molecule has 2 aliphatic heterocycles. The second-order valence-electron chi connectivity index (χ2n) is 17.9. The molecule has 10 heterocycles. The fourth-order valence-electron chi connectivity index (χ4n) is 9.42. The number of rotatable bonds is 12. The summed E-state index contributed by atoms with van der Waals surface area (Å²) in [5, 5.41) is 30.0. The lowest BCUT2D eigenvalue weighted by Gasteiger charge is -2.35. The van der Waals surface area contributed by atoms with Crippen LogP contribution in [0.2, 0.25) is 0 Å². The summed E-state index contributed by atoms with van der Waals surface area (Å²) in [7, 11) is -6.86. The highest BCUT2D eigenvalue weighted by molar-refractivity contribution is 7.88. The fraction of sp³-hybridized carbons (Fsp3) is 0.245. The van der Waals surface area contributed by atoms with Gasteiger partial charge in [-0.3, -0.25) is 14.8 Å². The molecule has 2 aromatic carbocycles. The van der Waals surface area contributed by atoms with E-state index in [0.717, 1.165) is 42.7 Å². The van der Waals surface area contributed by atoms with Crippen molar-refractivity contribution in [3.05, 3.63) is 142 Å². The zero-order valence-corrected chi connectivity index (χ0v) is 42.2. The Morgan fingerprint density at radius 1 is 0.528 bits per heavy atom. The van der Waals surface area contributed by atoms with E-state index in [2.05, 4.69) is 52.3 Å². The first-order chi connectivity index (χ1) is 34.8. The average Bonchev–Trinajstić information content (AvgIpc) is 4.21. The average molecular weight is 1040 g/mol. The number of carbonyl (C=O) groups is 1. The lowest BCUT2D eigenvalue weighted by atomic mass is 10.1. The molecule has 0 radical (unpaired) electrons. The van der Waals surface area contributed by atoms with Crippen LogP contribution in [0.15, 0.2) is 109 Å². The summed E-state index contributed by atoms with van der Waals surface area (Å²) in [6.07, 6.45) is 6.90. The Labute approximate surface area is 421 Å². The van der Waals surface area contributed by atoms with Crippen LogP contribution in [0.4, 0.5) is 11.4 Å². The van der Waals surface area contributed by atoms with Crippen molar-refractivity contribution in [3.63, 3.8) is 0 Å². The zero-order valence-electron chi connectivity index (χ0n) is 38.9. The van der Waals surface area contributed by atoms with Crippen LogP contribution >= 0.6 is 22.7 Å². The number of piperazine rings is 2. The van der Waals surface area contributed by atoms with Gasteiger partial charge in [-0.15, -0.1) is 43.1 Å². The first-order valence-corrected chi connectivity index (χ1v) is 28.5. The number of aromatic nitrogens is 10. The highest BCUT2D eigenvalue weighted by Gasteiger charge is 2.33. The third-order valence-corrected chi connectivity index (χ3v) is 18.1. The van der Waals surface area contributed by atoms with E-state index in [9.17, 15) is 16.8 Å². The van der Waals surface area contributed by atoms with Gasteiger partial charge in [0, 0.05) is 88.4 Å². The van der Waals surface area contributed by atoms with Crippen molar-refractivity contribution < 1.29 is 21.6 Å². The smallest absolute Gasteiger partial charge is 0.217 e. The Bertz CT molecular complexity index is 3730. The van der Waals surface area contributed by atoms with E-state index < -0.39 is 20.0 Å². The van der Waals surface area contributed by atoms with Crippen LogP contribution < -0.4 is 9.80 Å². The van der Waals surface area contributed by atoms with Crippen LogP contribution in [0, 0.1) is 0 Å². The largest absolute Gasteiger partial charge is 0.368 e. The highest BCUT2D eigenvalue weighted by atomic mass is 32.2. The van der Waals surface area contributed by atoms with Gasteiger partial charge in [0.1, 0.15) is 11.4 Å². The normalized spacial score (nSPS) is 15.4. The molecule has 10 aromatic rings. The molecule has 19 nitrogen and oxygen atoms in total. The number of benzene rings is 2.